The zero-order valence-corrected chi connectivity index (χ0v) is 11.7. The van der Waals surface area contributed by atoms with Crippen molar-refractivity contribution in [2.75, 3.05) is 0 Å². The fraction of sp³-hybridized carbons (Fsp3) is 0. The molecule has 0 unspecified atom stereocenters. The van der Waals surface area contributed by atoms with Crippen LogP contribution in [0.1, 0.15) is 5.56 Å². The Bertz CT molecular complexity index is 575. The molecule has 2 aromatic rings. The number of nitrogens with zero attached hydrogens (tertiary/aromatic N) is 1. The van der Waals surface area contributed by atoms with Gasteiger partial charge in [0, 0.05) is 13.4 Å². The number of hydrogen-bond acceptors (Lipinski definition) is 3. The Labute approximate surface area is 117 Å². The molecule has 0 heterocycles. The smallest absolute Gasteiger partial charge is 0.116 e. The van der Waals surface area contributed by atoms with Gasteiger partial charge in [-0.3, -0.25) is 0 Å². The molecule has 84 valence electrons. The summed E-state index contributed by atoms with van der Waals surface area (Å²) in [7, 11) is 0. The number of hydrogen-bond donors (Lipinski definition) is 1. The van der Waals surface area contributed by atoms with Crippen molar-refractivity contribution in [3.05, 3.63) is 51.6 Å². The number of benzene rings is 2. The predicted octanol–water partition coefficient (Wildman–Crippen LogP) is 4.02. The maximum atomic E-state index is 9.32. The van der Waals surface area contributed by atoms with E-state index in [0.29, 0.717) is 5.56 Å². The zero-order chi connectivity index (χ0) is 12.3. The largest absolute Gasteiger partial charge is 0.508 e. The third-order valence-corrected chi connectivity index (χ3v) is 4.47. The van der Waals surface area contributed by atoms with E-state index in [9.17, 15) is 5.11 Å². The van der Waals surface area contributed by atoms with Gasteiger partial charge in [0.25, 0.3) is 0 Å². The lowest BCUT2D eigenvalue weighted by molar-refractivity contribution is 0.474. The summed E-state index contributed by atoms with van der Waals surface area (Å²) in [6.45, 7) is 0. The Hall–Kier alpha value is -1.19. The summed E-state index contributed by atoms with van der Waals surface area (Å²) in [5.41, 5.74) is 0.662. The van der Waals surface area contributed by atoms with Crippen molar-refractivity contribution in [2.45, 2.75) is 9.79 Å². The van der Waals surface area contributed by atoms with Crippen molar-refractivity contribution < 1.29 is 5.11 Å². The van der Waals surface area contributed by atoms with E-state index >= 15 is 0 Å². The van der Waals surface area contributed by atoms with Gasteiger partial charge in [0.1, 0.15) is 5.75 Å². The molecule has 0 atom stereocenters. The summed E-state index contributed by atoms with van der Waals surface area (Å²) in [4.78, 5) is 2.17. The molecule has 0 bridgehead atoms. The average molecular weight is 353 g/mol. The van der Waals surface area contributed by atoms with E-state index in [4.69, 9.17) is 5.26 Å². The van der Waals surface area contributed by atoms with Crippen LogP contribution in [0, 0.1) is 14.9 Å². The molecule has 2 nitrogen and oxygen atoms in total. The van der Waals surface area contributed by atoms with Gasteiger partial charge >= 0.3 is 0 Å². The van der Waals surface area contributed by atoms with Crippen LogP contribution in [-0.4, -0.2) is 5.11 Å². The van der Waals surface area contributed by atoms with E-state index in [1.54, 1.807) is 36.0 Å². The molecule has 0 fully saturated rings. The van der Waals surface area contributed by atoms with Crippen molar-refractivity contribution in [1.82, 2.24) is 0 Å². The van der Waals surface area contributed by atoms with E-state index in [0.717, 1.165) is 13.4 Å². The van der Waals surface area contributed by atoms with Gasteiger partial charge in [-0.2, -0.15) is 5.26 Å². The van der Waals surface area contributed by atoms with E-state index in [1.807, 2.05) is 18.2 Å². The van der Waals surface area contributed by atoms with Crippen LogP contribution in [0.2, 0.25) is 0 Å². The molecular formula is C13H8INOS. The summed E-state index contributed by atoms with van der Waals surface area (Å²) in [6.07, 6.45) is 0. The molecule has 0 spiro atoms. The van der Waals surface area contributed by atoms with Gasteiger partial charge in [-0.25, -0.2) is 0 Å². The normalized spacial score (nSPS) is 9.88. The van der Waals surface area contributed by atoms with Crippen molar-refractivity contribution in [3.8, 4) is 11.8 Å². The van der Waals surface area contributed by atoms with Gasteiger partial charge in [-0.1, -0.05) is 11.8 Å². The second kappa shape index (κ2) is 5.43. The Balaban J connectivity index is 2.23. The number of aromatic hydroxyl groups is 1. The zero-order valence-electron chi connectivity index (χ0n) is 8.72. The molecule has 17 heavy (non-hydrogen) atoms. The third kappa shape index (κ3) is 3.14. The van der Waals surface area contributed by atoms with Gasteiger partial charge in [0.15, 0.2) is 0 Å². The highest BCUT2D eigenvalue weighted by molar-refractivity contribution is 14.1. The first kappa shape index (κ1) is 12.3. The summed E-state index contributed by atoms with van der Waals surface area (Å²) in [5, 5.41) is 18.0. The Morgan fingerprint density at radius 2 is 1.82 bits per heavy atom. The Morgan fingerprint density at radius 3 is 2.41 bits per heavy atom. The maximum absolute atomic E-state index is 9.32. The molecular weight excluding hydrogens is 345 g/mol. The molecule has 1 N–H and O–H groups in total. The lowest BCUT2D eigenvalue weighted by Crippen LogP contribution is -1.80. The molecule has 2 rings (SSSR count). The summed E-state index contributed by atoms with van der Waals surface area (Å²) in [6, 6.07) is 14.8. The van der Waals surface area contributed by atoms with Crippen molar-refractivity contribution >= 4 is 34.4 Å². The van der Waals surface area contributed by atoms with Gasteiger partial charge in [-0.15, -0.1) is 0 Å². The Kier molecular flexibility index (Phi) is 3.92. The highest BCUT2D eigenvalue weighted by Gasteiger charge is 2.03. The van der Waals surface area contributed by atoms with E-state index in [1.165, 1.54) is 0 Å². The molecule has 0 saturated heterocycles. The Morgan fingerprint density at radius 1 is 1.12 bits per heavy atom. The molecule has 0 aliphatic heterocycles. The summed E-state index contributed by atoms with van der Waals surface area (Å²) >= 11 is 3.81. The fourth-order valence-electron chi connectivity index (χ4n) is 1.30. The minimum Gasteiger partial charge on any atom is -0.508 e. The quantitative estimate of drug-likeness (QED) is 0.830. The summed E-state index contributed by atoms with van der Waals surface area (Å²) in [5.74, 6) is 0.276. The van der Waals surface area contributed by atoms with Gasteiger partial charge in [-0.05, 0) is 65.1 Å². The lowest BCUT2D eigenvalue weighted by atomic mass is 10.2. The first-order chi connectivity index (χ1) is 8.19. The average Bonchev–Trinajstić information content (AvgIpc) is 2.34. The molecule has 2 aromatic carbocycles. The van der Waals surface area contributed by atoms with Crippen LogP contribution < -0.4 is 0 Å². The van der Waals surface area contributed by atoms with Crippen LogP contribution in [-0.2, 0) is 0 Å². The summed E-state index contributed by atoms with van der Waals surface area (Å²) < 4.78 is 1.01. The highest BCUT2D eigenvalue weighted by atomic mass is 127. The lowest BCUT2D eigenvalue weighted by Gasteiger charge is -2.04. The standard InChI is InChI=1S/C13H8INOS/c14-12-7-10(16)3-6-13(12)17-11-4-1-9(8-15)2-5-11/h1-7,16H. The number of phenolic OH excluding ortho intramolecular Hbond substituents is 1. The number of halogens is 1. The molecule has 0 aromatic heterocycles. The van der Waals surface area contributed by atoms with Crippen molar-refractivity contribution in [1.29, 1.82) is 5.26 Å². The second-order valence-electron chi connectivity index (χ2n) is 3.35. The van der Waals surface area contributed by atoms with Crippen molar-refractivity contribution in [2.24, 2.45) is 0 Å². The molecule has 0 saturated carbocycles. The van der Waals surface area contributed by atoms with Crippen LogP contribution in [0.15, 0.2) is 52.3 Å². The monoisotopic (exact) mass is 353 g/mol. The molecule has 0 aliphatic rings. The maximum Gasteiger partial charge on any atom is 0.116 e. The number of phenols is 1. The van der Waals surface area contributed by atoms with E-state index < -0.39 is 0 Å². The van der Waals surface area contributed by atoms with Gasteiger partial charge in [0.05, 0.1) is 11.6 Å². The van der Waals surface area contributed by atoms with Crippen LogP contribution in [0.25, 0.3) is 0 Å². The van der Waals surface area contributed by atoms with Crippen LogP contribution >= 0.6 is 34.4 Å². The SMILES string of the molecule is N#Cc1ccc(Sc2ccc(O)cc2I)cc1. The number of nitriles is 1. The van der Waals surface area contributed by atoms with Crippen LogP contribution in [0.4, 0.5) is 0 Å². The number of rotatable bonds is 2. The van der Waals surface area contributed by atoms with Gasteiger partial charge < -0.3 is 5.11 Å². The van der Waals surface area contributed by atoms with Crippen LogP contribution in [0.3, 0.4) is 0 Å². The molecule has 0 aliphatic carbocycles. The van der Waals surface area contributed by atoms with E-state index in [2.05, 4.69) is 28.7 Å². The topological polar surface area (TPSA) is 44.0 Å². The molecule has 4 heteroatoms. The minimum absolute atomic E-state index is 0.276. The second-order valence-corrected chi connectivity index (χ2v) is 5.63. The molecule has 0 radical (unpaired) electrons. The fourth-order valence-corrected chi connectivity index (χ4v) is 2.94. The minimum atomic E-state index is 0.276. The van der Waals surface area contributed by atoms with Gasteiger partial charge in [0.2, 0.25) is 0 Å². The third-order valence-electron chi connectivity index (χ3n) is 2.13. The van der Waals surface area contributed by atoms with E-state index in [-0.39, 0.29) is 5.75 Å². The first-order valence-corrected chi connectivity index (χ1v) is 6.75. The van der Waals surface area contributed by atoms with Crippen molar-refractivity contribution in [3.63, 3.8) is 0 Å². The first-order valence-electron chi connectivity index (χ1n) is 4.85. The highest BCUT2D eigenvalue weighted by Crippen LogP contribution is 2.33. The van der Waals surface area contributed by atoms with Crippen LogP contribution in [0.5, 0.6) is 5.75 Å². The molecule has 0 amide bonds. The predicted molar refractivity (Wildman–Crippen MR) is 76.1 cm³/mol.